The molecule has 0 saturated heterocycles. The molecule has 1 atom stereocenters. The summed E-state index contributed by atoms with van der Waals surface area (Å²) >= 11 is 0. The molecule has 0 radical (unpaired) electrons. The molecule has 0 amide bonds. The van der Waals surface area contributed by atoms with Crippen LogP contribution in [0.1, 0.15) is 32.6 Å². The minimum Gasteiger partial charge on any atom is -0.319 e. The van der Waals surface area contributed by atoms with E-state index in [1.807, 2.05) is 27.8 Å². The molecule has 0 aromatic carbocycles. The van der Waals surface area contributed by atoms with Crippen LogP contribution >= 0.6 is 0 Å². The van der Waals surface area contributed by atoms with Gasteiger partial charge in [0.25, 0.3) is 0 Å². The fraction of sp³-hybridized carbons (Fsp3) is 0.727. The van der Waals surface area contributed by atoms with Crippen LogP contribution < -0.4 is 5.32 Å². The SMILES string of the molecule is CNCC(C)C(=O)Cc1ncnn1C(C)C. The van der Waals surface area contributed by atoms with E-state index in [1.54, 1.807) is 4.68 Å². The topological polar surface area (TPSA) is 59.8 Å². The van der Waals surface area contributed by atoms with Gasteiger partial charge in [-0.25, -0.2) is 9.67 Å². The zero-order chi connectivity index (χ0) is 12.1. The molecule has 5 heteroatoms. The highest BCUT2D eigenvalue weighted by atomic mass is 16.1. The molecule has 0 saturated carbocycles. The van der Waals surface area contributed by atoms with Crippen molar-refractivity contribution in [2.45, 2.75) is 33.2 Å². The molecule has 1 aromatic rings. The molecule has 16 heavy (non-hydrogen) atoms. The summed E-state index contributed by atoms with van der Waals surface area (Å²) in [5, 5.41) is 7.11. The number of Topliss-reactive ketones (excluding diaryl/α,β-unsaturated/α-hetero) is 1. The molecule has 0 aliphatic carbocycles. The maximum atomic E-state index is 11.9. The van der Waals surface area contributed by atoms with Gasteiger partial charge >= 0.3 is 0 Å². The maximum Gasteiger partial charge on any atom is 0.144 e. The van der Waals surface area contributed by atoms with Crippen LogP contribution in [0.15, 0.2) is 6.33 Å². The number of hydrogen-bond donors (Lipinski definition) is 1. The molecule has 5 nitrogen and oxygen atoms in total. The highest BCUT2D eigenvalue weighted by Gasteiger charge is 2.16. The zero-order valence-corrected chi connectivity index (χ0v) is 10.4. The molecular weight excluding hydrogens is 204 g/mol. The Morgan fingerprint density at radius 2 is 2.19 bits per heavy atom. The lowest BCUT2D eigenvalue weighted by Gasteiger charge is -2.11. The van der Waals surface area contributed by atoms with E-state index in [9.17, 15) is 4.79 Å². The van der Waals surface area contributed by atoms with Crippen molar-refractivity contribution in [1.82, 2.24) is 20.1 Å². The molecule has 0 fully saturated rings. The molecule has 1 aromatic heterocycles. The van der Waals surface area contributed by atoms with Crippen molar-refractivity contribution < 1.29 is 4.79 Å². The van der Waals surface area contributed by atoms with E-state index in [0.717, 1.165) is 5.82 Å². The van der Waals surface area contributed by atoms with Crippen LogP contribution in [0.2, 0.25) is 0 Å². The summed E-state index contributed by atoms with van der Waals surface area (Å²) < 4.78 is 1.80. The van der Waals surface area contributed by atoms with Gasteiger partial charge in [0.15, 0.2) is 0 Å². The second kappa shape index (κ2) is 5.75. The highest BCUT2D eigenvalue weighted by Crippen LogP contribution is 2.08. The number of hydrogen-bond acceptors (Lipinski definition) is 4. The van der Waals surface area contributed by atoms with Gasteiger partial charge < -0.3 is 5.32 Å². The molecule has 0 aliphatic rings. The van der Waals surface area contributed by atoms with Crippen LogP contribution in [0.4, 0.5) is 0 Å². The van der Waals surface area contributed by atoms with Crippen molar-refractivity contribution in [2.24, 2.45) is 5.92 Å². The monoisotopic (exact) mass is 224 g/mol. The minimum absolute atomic E-state index is 0.0160. The van der Waals surface area contributed by atoms with Crippen molar-refractivity contribution in [1.29, 1.82) is 0 Å². The molecule has 0 spiro atoms. The summed E-state index contributed by atoms with van der Waals surface area (Å²) in [6.07, 6.45) is 1.87. The predicted octanol–water partition coefficient (Wildman–Crippen LogP) is 0.826. The average Bonchev–Trinajstić information content (AvgIpc) is 2.66. The van der Waals surface area contributed by atoms with Crippen LogP contribution in [0.5, 0.6) is 0 Å². The van der Waals surface area contributed by atoms with Gasteiger partial charge in [-0.3, -0.25) is 4.79 Å². The minimum atomic E-state index is 0.0160. The van der Waals surface area contributed by atoms with Crippen molar-refractivity contribution >= 4 is 5.78 Å². The predicted molar refractivity (Wildman–Crippen MR) is 62.2 cm³/mol. The molecule has 0 aliphatic heterocycles. The van der Waals surface area contributed by atoms with Gasteiger partial charge in [-0.15, -0.1) is 0 Å². The fourth-order valence-electron chi connectivity index (χ4n) is 1.58. The third-order valence-corrected chi connectivity index (χ3v) is 2.53. The number of carbonyl (C=O) groups is 1. The summed E-state index contributed by atoms with van der Waals surface area (Å²) in [5.41, 5.74) is 0. The van der Waals surface area contributed by atoms with E-state index in [0.29, 0.717) is 13.0 Å². The molecule has 0 bridgehead atoms. The van der Waals surface area contributed by atoms with Gasteiger partial charge in [0.2, 0.25) is 0 Å². The van der Waals surface area contributed by atoms with E-state index < -0.39 is 0 Å². The molecule has 90 valence electrons. The Bertz CT molecular complexity index is 346. The van der Waals surface area contributed by atoms with E-state index >= 15 is 0 Å². The molecular formula is C11H20N4O. The van der Waals surface area contributed by atoms with Crippen molar-refractivity contribution in [3.8, 4) is 0 Å². The molecule has 1 N–H and O–H groups in total. The normalized spacial score (nSPS) is 13.1. The van der Waals surface area contributed by atoms with Crippen molar-refractivity contribution in [2.75, 3.05) is 13.6 Å². The number of carbonyl (C=O) groups excluding carboxylic acids is 1. The van der Waals surface area contributed by atoms with E-state index in [2.05, 4.69) is 15.4 Å². The number of aromatic nitrogens is 3. The second-order valence-corrected chi connectivity index (χ2v) is 4.32. The standard InChI is InChI=1S/C11H20N4O/c1-8(2)15-11(13-7-14-15)5-10(16)9(3)6-12-4/h7-9,12H,5-6H2,1-4H3. The molecule has 1 rings (SSSR count). The van der Waals surface area contributed by atoms with Crippen molar-refractivity contribution in [3.63, 3.8) is 0 Å². The number of ketones is 1. The van der Waals surface area contributed by atoms with Crippen LogP contribution in [0.3, 0.4) is 0 Å². The van der Waals surface area contributed by atoms with Crippen LogP contribution in [0.25, 0.3) is 0 Å². The van der Waals surface area contributed by atoms with E-state index in [4.69, 9.17) is 0 Å². The van der Waals surface area contributed by atoms with Crippen LogP contribution in [0, 0.1) is 5.92 Å². The Hall–Kier alpha value is -1.23. The van der Waals surface area contributed by atoms with E-state index in [1.165, 1.54) is 6.33 Å². The van der Waals surface area contributed by atoms with Crippen molar-refractivity contribution in [3.05, 3.63) is 12.2 Å². The summed E-state index contributed by atoms with van der Waals surface area (Å²) in [5.74, 6) is 0.967. The first-order chi connectivity index (χ1) is 7.56. The van der Waals surface area contributed by atoms with E-state index in [-0.39, 0.29) is 17.7 Å². The summed E-state index contributed by atoms with van der Waals surface area (Å²) in [6.45, 7) is 6.68. The lowest BCUT2D eigenvalue weighted by Crippen LogP contribution is -2.26. The van der Waals surface area contributed by atoms with Crippen LogP contribution in [-0.4, -0.2) is 34.1 Å². The van der Waals surface area contributed by atoms with Gasteiger partial charge in [0, 0.05) is 18.5 Å². The Morgan fingerprint density at radius 1 is 1.50 bits per heavy atom. The maximum absolute atomic E-state index is 11.9. The first-order valence-electron chi connectivity index (χ1n) is 5.62. The largest absolute Gasteiger partial charge is 0.319 e. The van der Waals surface area contributed by atoms with Crippen LogP contribution in [-0.2, 0) is 11.2 Å². The fourth-order valence-corrected chi connectivity index (χ4v) is 1.58. The van der Waals surface area contributed by atoms with Gasteiger partial charge in [-0.05, 0) is 20.9 Å². The lowest BCUT2D eigenvalue weighted by atomic mass is 10.0. The number of nitrogens with zero attached hydrogens (tertiary/aromatic N) is 3. The molecule has 1 heterocycles. The lowest BCUT2D eigenvalue weighted by molar-refractivity contribution is -0.121. The Labute approximate surface area is 96.3 Å². The quantitative estimate of drug-likeness (QED) is 0.777. The van der Waals surface area contributed by atoms with Gasteiger partial charge in [0.1, 0.15) is 17.9 Å². The Kier molecular flexibility index (Phi) is 4.61. The third-order valence-electron chi connectivity index (χ3n) is 2.53. The first kappa shape index (κ1) is 12.8. The Balaban J connectivity index is 2.66. The average molecular weight is 224 g/mol. The summed E-state index contributed by atoms with van der Waals surface area (Å²) in [7, 11) is 1.85. The summed E-state index contributed by atoms with van der Waals surface area (Å²) in [6, 6.07) is 0.241. The van der Waals surface area contributed by atoms with Gasteiger partial charge in [-0.2, -0.15) is 5.10 Å². The zero-order valence-electron chi connectivity index (χ0n) is 10.4. The molecule has 1 unspecified atom stereocenters. The summed E-state index contributed by atoms with van der Waals surface area (Å²) in [4.78, 5) is 16.0. The number of nitrogens with one attached hydrogen (secondary N) is 1. The van der Waals surface area contributed by atoms with Gasteiger partial charge in [0.05, 0.1) is 6.42 Å². The smallest absolute Gasteiger partial charge is 0.144 e. The second-order valence-electron chi connectivity index (χ2n) is 4.32. The first-order valence-corrected chi connectivity index (χ1v) is 5.62. The number of rotatable bonds is 6. The van der Waals surface area contributed by atoms with Gasteiger partial charge in [-0.1, -0.05) is 6.92 Å². The highest BCUT2D eigenvalue weighted by molar-refractivity contribution is 5.82. The Morgan fingerprint density at radius 3 is 2.75 bits per heavy atom. The third kappa shape index (κ3) is 3.13.